The van der Waals surface area contributed by atoms with E-state index in [1.165, 1.54) is 43.7 Å². The second-order valence-electron chi connectivity index (χ2n) is 9.49. The molecule has 10 nitrogen and oxygen atoms in total. The van der Waals surface area contributed by atoms with Gasteiger partial charge in [-0.15, -0.1) is 5.53 Å². The summed E-state index contributed by atoms with van der Waals surface area (Å²) in [5.74, 6) is -5.68. The number of hydrogen-bond donors (Lipinski definition) is 3. The number of aliphatic hydroxyl groups excluding tert-OH is 1. The summed E-state index contributed by atoms with van der Waals surface area (Å²) in [5, 5.41) is 11.2. The molecule has 222 valence electrons. The number of carbonyl (C=O) groups excluding carboxylic acids is 2. The van der Waals surface area contributed by atoms with E-state index in [1.54, 1.807) is 0 Å². The lowest BCUT2D eigenvalue weighted by Crippen LogP contribution is -2.67. The average molecular weight is 598 g/mol. The van der Waals surface area contributed by atoms with Gasteiger partial charge in [0.25, 0.3) is 0 Å². The second-order valence-corrected chi connectivity index (χ2v) is 10.7. The van der Waals surface area contributed by atoms with Crippen LogP contribution in [0.4, 0.5) is 13.2 Å². The first-order chi connectivity index (χ1) is 19.4. The number of thioether (sulfide) groups is 1. The summed E-state index contributed by atoms with van der Waals surface area (Å²) in [6, 6.07) is 8.19. The van der Waals surface area contributed by atoms with Gasteiger partial charge in [0.15, 0.2) is 35.9 Å². The van der Waals surface area contributed by atoms with Crippen molar-refractivity contribution in [3.8, 4) is 0 Å². The van der Waals surface area contributed by atoms with Gasteiger partial charge in [0.2, 0.25) is 0 Å². The Hall–Kier alpha value is -3.30. The van der Waals surface area contributed by atoms with E-state index < -0.39 is 65.5 Å². The molecule has 14 heteroatoms. The molecular weight excluding hydrogens is 567 g/mol. The van der Waals surface area contributed by atoms with Gasteiger partial charge in [0, 0.05) is 30.5 Å². The van der Waals surface area contributed by atoms with Crippen molar-refractivity contribution in [2.75, 3.05) is 6.61 Å². The predicted molar refractivity (Wildman–Crippen MR) is 141 cm³/mol. The molecule has 2 aromatic rings. The predicted octanol–water partition coefficient (Wildman–Crippen LogP) is 3.14. The molecule has 0 spiro atoms. The molecule has 2 aromatic carbocycles. The fourth-order valence-corrected chi connectivity index (χ4v) is 5.54. The van der Waals surface area contributed by atoms with Crippen molar-refractivity contribution >= 4 is 29.4 Å². The normalized spacial score (nSPS) is 24.8. The number of benzene rings is 2. The van der Waals surface area contributed by atoms with Gasteiger partial charge in [-0.05, 0) is 38.1 Å². The molecule has 6 atom stereocenters. The Bertz CT molecular complexity index is 1270. The minimum Gasteiger partial charge on any atom is -0.457 e. The molecule has 0 amide bonds. The van der Waals surface area contributed by atoms with E-state index in [4.69, 9.17) is 18.9 Å². The first-order valence-corrected chi connectivity index (χ1v) is 13.5. The molecule has 1 saturated heterocycles. The van der Waals surface area contributed by atoms with Gasteiger partial charge < -0.3 is 29.5 Å². The molecule has 3 N–H and O–H groups in total. The zero-order valence-electron chi connectivity index (χ0n) is 22.6. The topological polar surface area (TPSA) is 119 Å². The lowest BCUT2D eigenvalue weighted by molar-refractivity contribution is -0.227. The highest BCUT2D eigenvalue weighted by atomic mass is 32.2. The molecule has 4 rings (SSSR count). The summed E-state index contributed by atoms with van der Waals surface area (Å²) in [5.41, 5.74) is 5.89. The molecule has 0 bridgehead atoms. The third-order valence-corrected chi connectivity index (χ3v) is 7.36. The first-order valence-electron chi connectivity index (χ1n) is 12.6. The lowest BCUT2D eigenvalue weighted by Gasteiger charge is -2.47. The number of aryl methyl sites for hydroxylation is 1. The third kappa shape index (κ3) is 7.51. The second kappa shape index (κ2) is 13.1. The minimum atomic E-state index is -1.61. The van der Waals surface area contributed by atoms with Gasteiger partial charge >= 0.3 is 11.9 Å². The summed E-state index contributed by atoms with van der Waals surface area (Å²) >= 11 is 1.25. The van der Waals surface area contributed by atoms with Crippen LogP contribution in [0.2, 0.25) is 0 Å². The standard InChI is InChI=1S/C27H30F3N3O7S/c1-13-5-7-18(8-6-13)41-27-26(39-16(4)36)24(25(38-15(3)35)22(40-27)12-37-14(2)34)33-11-21(31-32-33)17-9-19(28)23(30)20(29)10-17/h5-11,14,22,24-27,31-32,34H,12H2,1-4H3/t14?,22?,24?,25-,26?,27+/m0/s1. The lowest BCUT2D eigenvalue weighted by atomic mass is 9.96. The van der Waals surface area contributed by atoms with Crippen LogP contribution in [0.1, 0.15) is 31.9 Å². The van der Waals surface area contributed by atoms with Crippen molar-refractivity contribution in [1.29, 1.82) is 0 Å². The van der Waals surface area contributed by atoms with Crippen LogP contribution < -0.4 is 11.0 Å². The number of nitrogens with one attached hydrogen (secondary N) is 2. The summed E-state index contributed by atoms with van der Waals surface area (Å²) in [6.45, 7) is 5.55. The zero-order valence-corrected chi connectivity index (χ0v) is 23.4. The molecule has 0 saturated carbocycles. The van der Waals surface area contributed by atoms with E-state index in [0.29, 0.717) is 0 Å². The molecule has 0 aromatic heterocycles. The van der Waals surface area contributed by atoms with Crippen molar-refractivity contribution in [2.24, 2.45) is 0 Å². The summed E-state index contributed by atoms with van der Waals surface area (Å²) < 4.78 is 64.6. The van der Waals surface area contributed by atoms with Gasteiger partial charge in [0.1, 0.15) is 17.6 Å². The van der Waals surface area contributed by atoms with Gasteiger partial charge in [-0.2, -0.15) is 0 Å². The highest BCUT2D eigenvalue weighted by molar-refractivity contribution is 7.99. The van der Waals surface area contributed by atoms with Crippen LogP contribution >= 0.6 is 11.8 Å². The molecule has 2 aliphatic heterocycles. The number of carbonyl (C=O) groups is 2. The molecule has 1 fully saturated rings. The minimum absolute atomic E-state index is 0.0175. The maximum absolute atomic E-state index is 14.0. The summed E-state index contributed by atoms with van der Waals surface area (Å²) in [7, 11) is 0. The van der Waals surface area contributed by atoms with Crippen LogP contribution in [0.15, 0.2) is 47.5 Å². The maximum Gasteiger partial charge on any atom is 0.303 e. The molecule has 2 aliphatic rings. The summed E-state index contributed by atoms with van der Waals surface area (Å²) in [4.78, 5) is 25.3. The molecular formula is C27H30F3N3O7S. The smallest absolute Gasteiger partial charge is 0.303 e. The molecule has 0 radical (unpaired) electrons. The molecule has 2 heterocycles. The number of rotatable bonds is 9. The van der Waals surface area contributed by atoms with Gasteiger partial charge in [-0.1, -0.05) is 29.5 Å². The van der Waals surface area contributed by atoms with Crippen molar-refractivity contribution in [3.63, 3.8) is 0 Å². The van der Waals surface area contributed by atoms with Crippen molar-refractivity contribution in [2.45, 2.75) is 68.7 Å². The fraction of sp³-hybridized carbons (Fsp3) is 0.407. The van der Waals surface area contributed by atoms with E-state index in [9.17, 15) is 27.9 Å². The number of aliphatic hydroxyl groups is 1. The van der Waals surface area contributed by atoms with E-state index in [1.807, 2.05) is 31.2 Å². The molecule has 0 aliphatic carbocycles. The van der Waals surface area contributed by atoms with Crippen LogP contribution in [-0.2, 0) is 28.5 Å². The molecule has 41 heavy (non-hydrogen) atoms. The highest BCUT2D eigenvalue weighted by Gasteiger charge is 2.53. The number of hydrazine groups is 2. The number of nitrogens with zero attached hydrogens (tertiary/aromatic N) is 1. The fourth-order valence-electron chi connectivity index (χ4n) is 4.43. The monoisotopic (exact) mass is 597 g/mol. The summed E-state index contributed by atoms with van der Waals surface area (Å²) in [6.07, 6.45) is -2.90. The van der Waals surface area contributed by atoms with Crippen LogP contribution in [0, 0.1) is 24.4 Å². The Morgan fingerprint density at radius 1 is 1.07 bits per heavy atom. The van der Waals surface area contributed by atoms with Crippen molar-refractivity contribution in [1.82, 2.24) is 16.0 Å². The van der Waals surface area contributed by atoms with Gasteiger partial charge in [-0.25, -0.2) is 13.2 Å². The van der Waals surface area contributed by atoms with E-state index in [0.717, 1.165) is 22.6 Å². The SMILES string of the molecule is CC(=O)OC1C(N2C=C(c3cc(F)c(F)c(F)c3)NN2)[C@@H](OC(C)=O)C(COC(C)O)O[C@@H]1Sc1ccc(C)cc1. The number of ether oxygens (including phenoxy) is 4. The quantitative estimate of drug-likeness (QED) is 0.225. The number of hydrogen-bond acceptors (Lipinski definition) is 11. The Balaban J connectivity index is 1.76. The van der Waals surface area contributed by atoms with Crippen LogP contribution in [0.5, 0.6) is 0 Å². The number of esters is 2. The van der Waals surface area contributed by atoms with Crippen LogP contribution in [-0.4, -0.2) is 64.7 Å². The third-order valence-electron chi connectivity index (χ3n) is 6.20. The Labute approximate surface area is 238 Å². The highest BCUT2D eigenvalue weighted by Crippen LogP contribution is 2.39. The molecule has 4 unspecified atom stereocenters. The maximum atomic E-state index is 14.0. The Kier molecular flexibility index (Phi) is 9.81. The first kappa shape index (κ1) is 30.7. The van der Waals surface area contributed by atoms with Crippen LogP contribution in [0.25, 0.3) is 5.70 Å². The van der Waals surface area contributed by atoms with E-state index in [2.05, 4.69) is 11.0 Å². The number of halogens is 3. The van der Waals surface area contributed by atoms with Gasteiger partial charge in [-0.3, -0.25) is 14.6 Å². The Morgan fingerprint density at radius 3 is 2.27 bits per heavy atom. The van der Waals surface area contributed by atoms with Crippen molar-refractivity contribution < 1.29 is 46.8 Å². The van der Waals surface area contributed by atoms with E-state index in [-0.39, 0.29) is 17.9 Å². The van der Waals surface area contributed by atoms with Crippen molar-refractivity contribution in [3.05, 3.63) is 71.2 Å². The largest absolute Gasteiger partial charge is 0.457 e. The van der Waals surface area contributed by atoms with Gasteiger partial charge in [0.05, 0.1) is 12.3 Å². The zero-order chi connectivity index (χ0) is 29.8. The Morgan fingerprint density at radius 2 is 1.68 bits per heavy atom. The van der Waals surface area contributed by atoms with Crippen LogP contribution in [0.3, 0.4) is 0 Å². The van der Waals surface area contributed by atoms with E-state index >= 15 is 0 Å². The average Bonchev–Trinajstić information content (AvgIpc) is 3.38.